The Morgan fingerprint density at radius 3 is 2.62 bits per heavy atom. The number of nitrogens with one attached hydrogen (secondary N) is 1. The van der Waals surface area contributed by atoms with Crippen LogP contribution in [0.15, 0.2) is 6.20 Å². The molecule has 0 aromatic carbocycles. The van der Waals surface area contributed by atoms with Crippen LogP contribution in [-0.4, -0.2) is 22.7 Å². The summed E-state index contributed by atoms with van der Waals surface area (Å²) in [7, 11) is 0. The summed E-state index contributed by atoms with van der Waals surface area (Å²) in [4.78, 5) is 8.21. The average molecular weight is 233 g/mol. The van der Waals surface area contributed by atoms with E-state index in [1.807, 2.05) is 0 Å². The van der Waals surface area contributed by atoms with E-state index in [9.17, 15) is 13.2 Å². The Morgan fingerprint density at radius 1 is 1.31 bits per heavy atom. The quantitative estimate of drug-likeness (QED) is 0.812. The van der Waals surface area contributed by atoms with Crippen LogP contribution in [0.3, 0.4) is 0 Å². The normalized spacial score (nSPS) is 11.6. The number of nitrogens with zero attached hydrogens (tertiary/aromatic N) is 2. The SMILES string of the molecule is Cc1cnc(C)c(NCCCC(F)(F)F)n1. The van der Waals surface area contributed by atoms with E-state index in [1.165, 1.54) is 0 Å². The summed E-state index contributed by atoms with van der Waals surface area (Å²) >= 11 is 0. The van der Waals surface area contributed by atoms with Crippen LogP contribution in [0.1, 0.15) is 24.2 Å². The van der Waals surface area contributed by atoms with Crippen molar-refractivity contribution in [1.82, 2.24) is 9.97 Å². The number of hydrogen-bond donors (Lipinski definition) is 1. The molecule has 0 spiro atoms. The molecule has 90 valence electrons. The minimum absolute atomic E-state index is 0.0402. The van der Waals surface area contributed by atoms with Gasteiger partial charge in [0.1, 0.15) is 5.82 Å². The molecule has 3 nitrogen and oxygen atoms in total. The molecule has 0 saturated heterocycles. The summed E-state index contributed by atoms with van der Waals surface area (Å²) in [5.41, 5.74) is 1.43. The largest absolute Gasteiger partial charge is 0.389 e. The van der Waals surface area contributed by atoms with Gasteiger partial charge in [-0.3, -0.25) is 4.98 Å². The summed E-state index contributed by atoms with van der Waals surface area (Å²) in [6.07, 6.45) is -3.21. The first-order chi connectivity index (χ1) is 7.38. The molecule has 16 heavy (non-hydrogen) atoms. The van der Waals surface area contributed by atoms with Gasteiger partial charge in [0, 0.05) is 19.2 Å². The van der Waals surface area contributed by atoms with Crippen molar-refractivity contribution in [2.75, 3.05) is 11.9 Å². The zero-order valence-corrected chi connectivity index (χ0v) is 9.23. The van der Waals surface area contributed by atoms with Gasteiger partial charge in [-0.25, -0.2) is 4.98 Å². The van der Waals surface area contributed by atoms with Crippen LogP contribution in [0.25, 0.3) is 0 Å². The smallest absolute Gasteiger partial charge is 0.369 e. The molecule has 0 aliphatic rings. The van der Waals surface area contributed by atoms with Crippen molar-refractivity contribution in [2.45, 2.75) is 32.9 Å². The van der Waals surface area contributed by atoms with Crippen LogP contribution < -0.4 is 5.32 Å². The van der Waals surface area contributed by atoms with Crippen molar-refractivity contribution in [2.24, 2.45) is 0 Å². The highest BCUT2D eigenvalue weighted by atomic mass is 19.4. The first-order valence-electron chi connectivity index (χ1n) is 4.99. The maximum Gasteiger partial charge on any atom is 0.389 e. The molecule has 1 aromatic heterocycles. The Morgan fingerprint density at radius 2 is 2.00 bits per heavy atom. The standard InChI is InChI=1S/C10H14F3N3/c1-7-6-15-8(2)9(16-7)14-5-3-4-10(11,12)13/h6H,3-5H2,1-2H3,(H,14,16). The van der Waals surface area contributed by atoms with Crippen molar-refractivity contribution in [1.29, 1.82) is 0 Å². The molecule has 0 unspecified atom stereocenters. The minimum Gasteiger partial charge on any atom is -0.369 e. The van der Waals surface area contributed by atoms with Crippen LogP contribution in [0.2, 0.25) is 0 Å². The van der Waals surface area contributed by atoms with E-state index in [-0.39, 0.29) is 13.0 Å². The Kier molecular flexibility index (Phi) is 4.09. The summed E-state index contributed by atoms with van der Waals surface area (Å²) in [6, 6.07) is 0. The second-order valence-corrected chi connectivity index (χ2v) is 3.59. The van der Waals surface area contributed by atoms with Crippen molar-refractivity contribution in [3.8, 4) is 0 Å². The average Bonchev–Trinajstić information content (AvgIpc) is 2.16. The Bertz CT molecular complexity index is 350. The number of anilines is 1. The van der Waals surface area contributed by atoms with Gasteiger partial charge in [0.05, 0.1) is 11.4 Å². The molecule has 1 heterocycles. The van der Waals surface area contributed by atoms with Gasteiger partial charge in [0.25, 0.3) is 0 Å². The Labute approximate surface area is 92.1 Å². The fourth-order valence-corrected chi connectivity index (χ4v) is 1.20. The van der Waals surface area contributed by atoms with E-state index in [1.54, 1.807) is 20.0 Å². The summed E-state index contributed by atoms with van der Waals surface area (Å²) < 4.78 is 35.6. The van der Waals surface area contributed by atoms with Crippen molar-refractivity contribution >= 4 is 5.82 Å². The second kappa shape index (κ2) is 5.14. The molecule has 0 radical (unpaired) electrons. The highest BCUT2D eigenvalue weighted by Gasteiger charge is 2.25. The van der Waals surface area contributed by atoms with Crippen molar-refractivity contribution in [3.05, 3.63) is 17.6 Å². The van der Waals surface area contributed by atoms with Gasteiger partial charge in [-0.05, 0) is 20.3 Å². The molecule has 6 heteroatoms. The molecule has 1 rings (SSSR count). The number of aromatic nitrogens is 2. The zero-order chi connectivity index (χ0) is 12.2. The van der Waals surface area contributed by atoms with Crippen molar-refractivity contribution in [3.63, 3.8) is 0 Å². The molecule has 0 amide bonds. The predicted molar refractivity (Wildman–Crippen MR) is 55.3 cm³/mol. The van der Waals surface area contributed by atoms with Gasteiger partial charge >= 0.3 is 6.18 Å². The molecule has 0 saturated carbocycles. The highest BCUT2D eigenvalue weighted by molar-refractivity contribution is 5.39. The van der Waals surface area contributed by atoms with Crippen LogP contribution in [0, 0.1) is 13.8 Å². The summed E-state index contributed by atoms with van der Waals surface area (Å²) in [6.45, 7) is 3.80. The second-order valence-electron chi connectivity index (χ2n) is 3.59. The fraction of sp³-hybridized carbons (Fsp3) is 0.600. The van der Waals surface area contributed by atoms with Gasteiger partial charge < -0.3 is 5.32 Å². The number of aryl methyl sites for hydroxylation is 2. The van der Waals surface area contributed by atoms with Crippen LogP contribution >= 0.6 is 0 Å². The van der Waals surface area contributed by atoms with Crippen LogP contribution in [0.4, 0.5) is 19.0 Å². The summed E-state index contributed by atoms with van der Waals surface area (Å²) in [5, 5.41) is 2.85. The monoisotopic (exact) mass is 233 g/mol. The lowest BCUT2D eigenvalue weighted by atomic mass is 10.3. The highest BCUT2D eigenvalue weighted by Crippen LogP contribution is 2.21. The molecule has 1 N–H and O–H groups in total. The van der Waals surface area contributed by atoms with Gasteiger partial charge in [-0.1, -0.05) is 0 Å². The molecule has 0 fully saturated rings. The van der Waals surface area contributed by atoms with Crippen LogP contribution in [0.5, 0.6) is 0 Å². The Balaban J connectivity index is 2.40. The molecule has 1 aromatic rings. The Hall–Kier alpha value is -1.33. The number of hydrogen-bond acceptors (Lipinski definition) is 3. The zero-order valence-electron chi connectivity index (χ0n) is 9.23. The third kappa shape index (κ3) is 4.46. The topological polar surface area (TPSA) is 37.8 Å². The lowest BCUT2D eigenvalue weighted by Gasteiger charge is -2.09. The first-order valence-corrected chi connectivity index (χ1v) is 4.99. The molecule has 0 aliphatic carbocycles. The molecule has 0 aliphatic heterocycles. The van der Waals surface area contributed by atoms with E-state index in [2.05, 4.69) is 15.3 Å². The summed E-state index contributed by atoms with van der Waals surface area (Å²) in [5.74, 6) is 0.558. The number of halogens is 3. The van der Waals surface area contributed by atoms with Crippen LogP contribution in [-0.2, 0) is 0 Å². The fourth-order valence-electron chi connectivity index (χ4n) is 1.20. The lowest BCUT2D eigenvalue weighted by Crippen LogP contribution is -2.12. The maximum atomic E-state index is 11.9. The van der Waals surface area contributed by atoms with E-state index < -0.39 is 12.6 Å². The van der Waals surface area contributed by atoms with E-state index in [0.29, 0.717) is 11.5 Å². The molecule has 0 atom stereocenters. The van der Waals surface area contributed by atoms with Gasteiger partial charge in [-0.15, -0.1) is 0 Å². The number of alkyl halides is 3. The molecular formula is C10H14F3N3. The predicted octanol–water partition coefficient (Wildman–Crippen LogP) is 2.85. The third-order valence-electron chi connectivity index (χ3n) is 2.01. The molecule has 0 bridgehead atoms. The third-order valence-corrected chi connectivity index (χ3v) is 2.01. The maximum absolute atomic E-state index is 11.9. The lowest BCUT2D eigenvalue weighted by molar-refractivity contribution is -0.134. The molecular weight excluding hydrogens is 219 g/mol. The van der Waals surface area contributed by atoms with E-state index >= 15 is 0 Å². The van der Waals surface area contributed by atoms with E-state index in [4.69, 9.17) is 0 Å². The van der Waals surface area contributed by atoms with E-state index in [0.717, 1.165) is 5.69 Å². The van der Waals surface area contributed by atoms with Crippen molar-refractivity contribution < 1.29 is 13.2 Å². The van der Waals surface area contributed by atoms with Gasteiger partial charge in [-0.2, -0.15) is 13.2 Å². The number of rotatable bonds is 4. The first kappa shape index (κ1) is 12.7. The van der Waals surface area contributed by atoms with Gasteiger partial charge in [0.15, 0.2) is 0 Å². The van der Waals surface area contributed by atoms with Gasteiger partial charge in [0.2, 0.25) is 0 Å². The minimum atomic E-state index is -4.09.